The van der Waals surface area contributed by atoms with Gasteiger partial charge in [-0.3, -0.25) is 4.99 Å². The van der Waals surface area contributed by atoms with E-state index in [1.807, 2.05) is 27.7 Å². The highest BCUT2D eigenvalue weighted by molar-refractivity contribution is 7.90. The number of nitrogens with zero attached hydrogens (tertiary/aromatic N) is 1. The van der Waals surface area contributed by atoms with Crippen LogP contribution in [0.15, 0.2) is 4.99 Å². The van der Waals surface area contributed by atoms with Gasteiger partial charge >= 0.3 is 6.09 Å². The molecule has 8 nitrogen and oxygen atoms in total. The van der Waals surface area contributed by atoms with Crippen molar-refractivity contribution in [2.75, 3.05) is 31.6 Å². The number of carbonyl (C=O) groups is 1. The molecular weight excluding hydrogens is 392 g/mol. The quantitative estimate of drug-likeness (QED) is 0.342. The fourth-order valence-corrected chi connectivity index (χ4v) is 4.53. The third kappa shape index (κ3) is 11.9. The van der Waals surface area contributed by atoms with Crippen LogP contribution < -0.4 is 16.0 Å². The van der Waals surface area contributed by atoms with Gasteiger partial charge in [-0.05, 0) is 47.0 Å². The Bertz CT molecular complexity index is 652. The molecule has 0 bridgehead atoms. The first-order valence-electron chi connectivity index (χ1n) is 10.6. The van der Waals surface area contributed by atoms with E-state index in [0.29, 0.717) is 25.6 Å². The zero-order valence-corrected chi connectivity index (χ0v) is 19.7. The number of alkyl carbamates (subject to hydrolysis) is 1. The topological polar surface area (TPSA) is 109 Å². The number of amides is 1. The minimum atomic E-state index is -3.02. The lowest BCUT2D eigenvalue weighted by Crippen LogP contribution is -2.49. The van der Waals surface area contributed by atoms with Gasteiger partial charge < -0.3 is 20.7 Å². The SMILES string of the molecule is CCCCC(CNC(=O)OC(C)(C)C)NC(=NCC1(CS(C)(=O)=O)CC1)NCC. The maximum Gasteiger partial charge on any atom is 0.407 e. The minimum absolute atomic E-state index is 0.00493. The van der Waals surface area contributed by atoms with E-state index >= 15 is 0 Å². The predicted molar refractivity (Wildman–Crippen MR) is 118 cm³/mol. The van der Waals surface area contributed by atoms with Crippen LogP contribution in [0, 0.1) is 5.41 Å². The molecule has 1 saturated carbocycles. The van der Waals surface area contributed by atoms with E-state index in [9.17, 15) is 13.2 Å². The lowest BCUT2D eigenvalue weighted by atomic mass is 10.1. The molecule has 9 heteroatoms. The maximum absolute atomic E-state index is 12.0. The Morgan fingerprint density at radius 3 is 2.34 bits per heavy atom. The summed E-state index contributed by atoms with van der Waals surface area (Å²) in [6.45, 7) is 11.2. The molecule has 0 saturated heterocycles. The Morgan fingerprint density at radius 2 is 1.86 bits per heavy atom. The number of ether oxygens (including phenoxy) is 1. The molecule has 170 valence electrons. The van der Waals surface area contributed by atoms with Crippen molar-refractivity contribution in [2.45, 2.75) is 78.4 Å². The lowest BCUT2D eigenvalue weighted by Gasteiger charge is -2.24. The van der Waals surface area contributed by atoms with Gasteiger partial charge in [0.2, 0.25) is 0 Å². The molecule has 1 fully saturated rings. The van der Waals surface area contributed by atoms with Gasteiger partial charge in [-0.25, -0.2) is 13.2 Å². The van der Waals surface area contributed by atoms with Gasteiger partial charge in [0.15, 0.2) is 5.96 Å². The van der Waals surface area contributed by atoms with Gasteiger partial charge in [0.05, 0.1) is 5.75 Å². The number of unbranched alkanes of at least 4 members (excludes halogenated alkanes) is 1. The number of guanidine groups is 1. The number of nitrogens with one attached hydrogen (secondary N) is 3. The molecule has 29 heavy (non-hydrogen) atoms. The van der Waals surface area contributed by atoms with Crippen molar-refractivity contribution in [3.63, 3.8) is 0 Å². The van der Waals surface area contributed by atoms with Crippen LogP contribution in [-0.4, -0.2) is 63.8 Å². The Labute approximate surface area is 176 Å². The normalized spacial score (nSPS) is 17.4. The van der Waals surface area contributed by atoms with E-state index in [4.69, 9.17) is 4.74 Å². The minimum Gasteiger partial charge on any atom is -0.444 e. The number of sulfone groups is 1. The summed E-state index contributed by atoms with van der Waals surface area (Å²) in [7, 11) is -3.02. The predicted octanol–water partition coefficient (Wildman–Crippen LogP) is 2.45. The number of hydrogen-bond acceptors (Lipinski definition) is 5. The molecule has 0 aromatic carbocycles. The van der Waals surface area contributed by atoms with Gasteiger partial charge in [-0.2, -0.15) is 0 Å². The second-order valence-electron chi connectivity index (χ2n) is 9.13. The van der Waals surface area contributed by atoms with E-state index < -0.39 is 21.5 Å². The largest absolute Gasteiger partial charge is 0.444 e. The molecule has 1 atom stereocenters. The van der Waals surface area contributed by atoms with Crippen LogP contribution in [-0.2, 0) is 14.6 Å². The van der Waals surface area contributed by atoms with Gasteiger partial charge in [0.1, 0.15) is 15.4 Å². The highest BCUT2D eigenvalue weighted by Crippen LogP contribution is 2.46. The van der Waals surface area contributed by atoms with Crippen molar-refractivity contribution in [3.8, 4) is 0 Å². The molecule has 0 radical (unpaired) electrons. The van der Waals surface area contributed by atoms with Crippen LogP contribution in [0.25, 0.3) is 0 Å². The smallest absolute Gasteiger partial charge is 0.407 e. The first-order chi connectivity index (χ1) is 13.4. The zero-order valence-electron chi connectivity index (χ0n) is 18.9. The molecule has 1 rings (SSSR count). The first kappa shape index (κ1) is 25.5. The van der Waals surface area contributed by atoms with Crippen LogP contribution in [0.1, 0.15) is 66.7 Å². The monoisotopic (exact) mass is 432 g/mol. The summed E-state index contributed by atoms with van der Waals surface area (Å²) >= 11 is 0. The van der Waals surface area contributed by atoms with Gasteiger partial charge in [-0.1, -0.05) is 19.8 Å². The van der Waals surface area contributed by atoms with Gasteiger partial charge in [0, 0.05) is 37.3 Å². The van der Waals surface area contributed by atoms with Crippen molar-refractivity contribution in [2.24, 2.45) is 10.4 Å². The standard InChI is InChI=1S/C20H40N4O4S/c1-7-9-10-16(13-22-18(25)28-19(3,4)5)24-17(21-8-2)23-14-20(11-12-20)15-29(6,26)27/h16H,7-15H2,1-6H3,(H,22,25)(H2,21,23,24). The highest BCUT2D eigenvalue weighted by Gasteiger charge is 2.45. The van der Waals surface area contributed by atoms with Crippen molar-refractivity contribution < 1.29 is 17.9 Å². The summed E-state index contributed by atoms with van der Waals surface area (Å²) in [5.74, 6) is 0.835. The Morgan fingerprint density at radius 1 is 1.21 bits per heavy atom. The number of aliphatic imine (C=N–C) groups is 1. The molecule has 1 unspecified atom stereocenters. The number of carbonyl (C=O) groups excluding carboxylic acids is 1. The Hall–Kier alpha value is -1.51. The molecule has 0 spiro atoms. The fourth-order valence-electron chi connectivity index (χ4n) is 3.04. The number of rotatable bonds is 11. The Balaban J connectivity index is 2.71. The molecule has 1 aliphatic rings. The second-order valence-corrected chi connectivity index (χ2v) is 11.3. The summed E-state index contributed by atoms with van der Waals surface area (Å²) in [5, 5.41) is 9.44. The van der Waals surface area contributed by atoms with Crippen molar-refractivity contribution >= 4 is 21.9 Å². The highest BCUT2D eigenvalue weighted by atomic mass is 32.2. The molecule has 0 aliphatic heterocycles. The van der Waals surface area contributed by atoms with Crippen molar-refractivity contribution in [1.29, 1.82) is 0 Å². The van der Waals surface area contributed by atoms with E-state index in [1.54, 1.807) is 0 Å². The average molecular weight is 433 g/mol. The summed E-state index contributed by atoms with van der Waals surface area (Å²) in [5.41, 5.74) is -0.755. The summed E-state index contributed by atoms with van der Waals surface area (Å²) in [6.07, 6.45) is 5.58. The van der Waals surface area contributed by atoms with E-state index in [1.165, 1.54) is 6.26 Å². The third-order valence-electron chi connectivity index (χ3n) is 4.58. The van der Waals surface area contributed by atoms with Gasteiger partial charge in [0.25, 0.3) is 0 Å². The molecule has 3 N–H and O–H groups in total. The van der Waals surface area contributed by atoms with Crippen molar-refractivity contribution in [3.05, 3.63) is 0 Å². The zero-order chi connectivity index (χ0) is 22.1. The molecule has 0 aromatic heterocycles. The van der Waals surface area contributed by atoms with Gasteiger partial charge in [-0.15, -0.1) is 0 Å². The van der Waals surface area contributed by atoms with Crippen LogP contribution in [0.2, 0.25) is 0 Å². The van der Waals surface area contributed by atoms with Crippen molar-refractivity contribution in [1.82, 2.24) is 16.0 Å². The fraction of sp³-hybridized carbons (Fsp3) is 0.900. The van der Waals surface area contributed by atoms with Crippen LogP contribution >= 0.6 is 0 Å². The molecule has 0 aromatic rings. The van der Waals surface area contributed by atoms with Crippen LogP contribution in [0.3, 0.4) is 0 Å². The lowest BCUT2D eigenvalue weighted by molar-refractivity contribution is 0.0522. The van der Waals surface area contributed by atoms with E-state index in [-0.39, 0.29) is 17.2 Å². The first-order valence-corrected chi connectivity index (χ1v) is 12.6. The van der Waals surface area contributed by atoms with E-state index in [0.717, 1.165) is 32.1 Å². The van der Waals surface area contributed by atoms with Crippen LogP contribution in [0.5, 0.6) is 0 Å². The second kappa shape index (κ2) is 11.0. The molecule has 1 aliphatic carbocycles. The average Bonchev–Trinajstić information content (AvgIpc) is 3.31. The third-order valence-corrected chi connectivity index (χ3v) is 5.72. The molecule has 0 heterocycles. The number of hydrogen-bond donors (Lipinski definition) is 3. The Kier molecular flexibility index (Phi) is 9.71. The summed E-state index contributed by atoms with van der Waals surface area (Å²) in [4.78, 5) is 16.6. The molecule has 1 amide bonds. The molecular formula is C20H40N4O4S. The summed E-state index contributed by atoms with van der Waals surface area (Å²) < 4.78 is 28.7. The van der Waals surface area contributed by atoms with Crippen LogP contribution in [0.4, 0.5) is 4.79 Å². The summed E-state index contributed by atoms with van der Waals surface area (Å²) in [6, 6.07) is 0.00493. The van der Waals surface area contributed by atoms with E-state index in [2.05, 4.69) is 27.9 Å². The maximum atomic E-state index is 12.0.